The van der Waals surface area contributed by atoms with Crippen molar-refractivity contribution in [1.29, 1.82) is 0 Å². The molecule has 1 aromatic heterocycles. The predicted molar refractivity (Wildman–Crippen MR) is 112 cm³/mol. The first kappa shape index (κ1) is 19.9. The highest BCUT2D eigenvalue weighted by Crippen LogP contribution is 2.22. The van der Waals surface area contributed by atoms with E-state index >= 15 is 0 Å². The number of carbonyl (C=O) groups excluding carboxylic acids is 1. The Morgan fingerprint density at radius 1 is 1.29 bits per heavy atom. The largest absolute Gasteiger partial charge is 0.372 e. The minimum atomic E-state index is -0.225. The second-order valence-electron chi connectivity index (χ2n) is 7.15. The molecule has 0 bridgehead atoms. The molecule has 0 unspecified atom stereocenters. The van der Waals surface area contributed by atoms with Crippen molar-refractivity contribution < 1.29 is 4.79 Å². The fourth-order valence-electron chi connectivity index (χ4n) is 3.71. The van der Waals surface area contributed by atoms with Gasteiger partial charge in [0.15, 0.2) is 0 Å². The molecule has 1 fully saturated rings. The van der Waals surface area contributed by atoms with Gasteiger partial charge in [-0.1, -0.05) is 12.1 Å². The smallest absolute Gasteiger partial charge is 0.266 e. The molecule has 1 saturated heterocycles. The third-order valence-electron chi connectivity index (χ3n) is 5.34. The number of benzene rings is 1. The van der Waals surface area contributed by atoms with Crippen LogP contribution in [0.1, 0.15) is 32.3 Å². The Labute approximate surface area is 165 Å². The lowest BCUT2D eigenvalue weighted by Gasteiger charge is -2.33. The fraction of sp³-hybridized carbons (Fsp3) is 0.476. The first-order chi connectivity index (χ1) is 13.6. The average molecular weight is 383 g/mol. The van der Waals surface area contributed by atoms with Gasteiger partial charge < -0.3 is 15.1 Å². The van der Waals surface area contributed by atoms with Crippen LogP contribution < -0.4 is 20.7 Å². The summed E-state index contributed by atoms with van der Waals surface area (Å²) < 4.78 is 0. The number of amides is 1. The Kier molecular flexibility index (Phi) is 6.68. The highest BCUT2D eigenvalue weighted by molar-refractivity contribution is 5.79. The summed E-state index contributed by atoms with van der Waals surface area (Å²) in [4.78, 5) is 28.5. The maximum Gasteiger partial charge on any atom is 0.266 e. The zero-order valence-corrected chi connectivity index (χ0v) is 16.6. The summed E-state index contributed by atoms with van der Waals surface area (Å²) in [7, 11) is 0. The van der Waals surface area contributed by atoms with E-state index in [9.17, 15) is 9.59 Å². The molecule has 0 radical (unpaired) electrons. The lowest BCUT2D eigenvalue weighted by Crippen LogP contribution is -2.43. The highest BCUT2D eigenvalue weighted by Gasteiger charge is 2.26. The Bertz CT molecular complexity index is 829. The third-order valence-corrected chi connectivity index (χ3v) is 5.34. The fourth-order valence-corrected chi connectivity index (χ4v) is 3.71. The molecule has 2 heterocycles. The number of hydrogen-bond acceptors (Lipinski definition) is 5. The van der Waals surface area contributed by atoms with E-state index in [4.69, 9.17) is 0 Å². The van der Waals surface area contributed by atoms with Crippen LogP contribution in [-0.2, 0) is 11.3 Å². The van der Waals surface area contributed by atoms with E-state index in [1.807, 2.05) is 0 Å². The quantitative estimate of drug-likeness (QED) is 0.766. The van der Waals surface area contributed by atoms with E-state index in [2.05, 4.69) is 63.4 Å². The molecule has 2 aromatic rings. The second-order valence-corrected chi connectivity index (χ2v) is 7.15. The third kappa shape index (κ3) is 4.91. The summed E-state index contributed by atoms with van der Waals surface area (Å²) >= 11 is 0. The standard InChI is InChI=1S/C21H29N5O2/c1-3-25(4-2)18-9-7-16(8-10-18)13-22-21(28)17-6-5-11-26(15-17)19-12-20(27)24-23-14-19/h7-10,12,14,17H,3-6,11,13,15H2,1-2H3,(H,22,28)(H,24,27)/t17-/m1/s1. The highest BCUT2D eigenvalue weighted by atomic mass is 16.2. The number of aromatic nitrogens is 2. The summed E-state index contributed by atoms with van der Waals surface area (Å²) in [5, 5.41) is 9.31. The van der Waals surface area contributed by atoms with Crippen LogP contribution in [0.15, 0.2) is 41.3 Å². The maximum absolute atomic E-state index is 12.7. The van der Waals surface area contributed by atoms with Crippen LogP contribution in [0.2, 0.25) is 0 Å². The van der Waals surface area contributed by atoms with Gasteiger partial charge in [-0.2, -0.15) is 5.10 Å². The van der Waals surface area contributed by atoms with Crippen LogP contribution in [0.4, 0.5) is 11.4 Å². The average Bonchev–Trinajstić information content (AvgIpc) is 2.74. The number of carbonyl (C=O) groups is 1. The predicted octanol–water partition coefficient (Wildman–Crippen LogP) is 2.15. The van der Waals surface area contributed by atoms with E-state index in [-0.39, 0.29) is 17.4 Å². The molecule has 0 saturated carbocycles. The van der Waals surface area contributed by atoms with Crippen molar-refractivity contribution in [3.63, 3.8) is 0 Å². The molecule has 28 heavy (non-hydrogen) atoms. The summed E-state index contributed by atoms with van der Waals surface area (Å²) in [6.07, 6.45) is 3.42. The number of anilines is 2. The van der Waals surface area contributed by atoms with Gasteiger partial charge in [0.25, 0.3) is 5.56 Å². The van der Waals surface area contributed by atoms with Crippen LogP contribution in [0.3, 0.4) is 0 Å². The first-order valence-corrected chi connectivity index (χ1v) is 10.0. The van der Waals surface area contributed by atoms with Crippen molar-refractivity contribution in [2.75, 3.05) is 36.0 Å². The van der Waals surface area contributed by atoms with Gasteiger partial charge in [-0.05, 0) is 44.4 Å². The normalized spacial score (nSPS) is 16.6. The van der Waals surface area contributed by atoms with Crippen LogP contribution in [0, 0.1) is 5.92 Å². The summed E-state index contributed by atoms with van der Waals surface area (Å²) in [6, 6.07) is 9.89. The second kappa shape index (κ2) is 9.39. The number of hydrogen-bond donors (Lipinski definition) is 2. The van der Waals surface area contributed by atoms with Gasteiger partial charge in [-0.15, -0.1) is 0 Å². The Balaban J connectivity index is 1.55. The molecule has 1 aliphatic rings. The van der Waals surface area contributed by atoms with Gasteiger partial charge >= 0.3 is 0 Å². The van der Waals surface area contributed by atoms with Crippen molar-refractivity contribution in [1.82, 2.24) is 15.5 Å². The Morgan fingerprint density at radius 3 is 2.71 bits per heavy atom. The molecule has 0 spiro atoms. The van der Waals surface area contributed by atoms with Gasteiger partial charge in [0.05, 0.1) is 17.8 Å². The first-order valence-electron chi connectivity index (χ1n) is 10.0. The van der Waals surface area contributed by atoms with Crippen molar-refractivity contribution in [3.05, 3.63) is 52.4 Å². The number of piperidine rings is 1. The molecule has 7 nitrogen and oxygen atoms in total. The van der Waals surface area contributed by atoms with Crippen LogP contribution in [-0.4, -0.2) is 42.3 Å². The van der Waals surface area contributed by atoms with Gasteiger partial charge in [0.2, 0.25) is 5.91 Å². The molecule has 1 amide bonds. The lowest BCUT2D eigenvalue weighted by molar-refractivity contribution is -0.125. The molecule has 1 aromatic carbocycles. The zero-order valence-electron chi connectivity index (χ0n) is 16.6. The van der Waals surface area contributed by atoms with Crippen molar-refractivity contribution >= 4 is 17.3 Å². The monoisotopic (exact) mass is 383 g/mol. The summed E-state index contributed by atoms with van der Waals surface area (Å²) in [5.41, 5.74) is 2.84. The number of nitrogens with zero attached hydrogens (tertiary/aromatic N) is 3. The van der Waals surface area contributed by atoms with E-state index in [0.29, 0.717) is 13.1 Å². The molecule has 2 N–H and O–H groups in total. The van der Waals surface area contributed by atoms with Crippen molar-refractivity contribution in [2.45, 2.75) is 33.2 Å². The van der Waals surface area contributed by atoms with Crippen LogP contribution in [0.25, 0.3) is 0 Å². The lowest BCUT2D eigenvalue weighted by atomic mass is 9.96. The maximum atomic E-state index is 12.7. The molecule has 1 aliphatic heterocycles. The molecule has 3 rings (SSSR count). The topological polar surface area (TPSA) is 81.3 Å². The van der Waals surface area contributed by atoms with Gasteiger partial charge in [0.1, 0.15) is 0 Å². The van der Waals surface area contributed by atoms with Crippen LogP contribution >= 0.6 is 0 Å². The number of nitrogens with one attached hydrogen (secondary N) is 2. The number of rotatable bonds is 7. The Morgan fingerprint density at radius 2 is 2.04 bits per heavy atom. The minimum Gasteiger partial charge on any atom is -0.372 e. The molecular formula is C21H29N5O2. The summed E-state index contributed by atoms with van der Waals surface area (Å²) in [5.74, 6) is -0.0155. The van der Waals surface area contributed by atoms with Gasteiger partial charge in [0, 0.05) is 44.5 Å². The Hall–Kier alpha value is -2.83. The van der Waals surface area contributed by atoms with Gasteiger partial charge in [-0.25, -0.2) is 5.10 Å². The SMILES string of the molecule is CCN(CC)c1ccc(CNC(=O)[C@@H]2CCCN(c3cn[nH]c(=O)c3)C2)cc1. The van der Waals surface area contributed by atoms with Gasteiger partial charge in [-0.3, -0.25) is 9.59 Å². The van der Waals surface area contributed by atoms with E-state index in [0.717, 1.165) is 43.7 Å². The molecule has 7 heteroatoms. The molecule has 0 aliphatic carbocycles. The molecule has 1 atom stereocenters. The van der Waals surface area contributed by atoms with E-state index in [1.54, 1.807) is 6.20 Å². The zero-order chi connectivity index (χ0) is 19.9. The summed E-state index contributed by atoms with van der Waals surface area (Å²) in [6.45, 7) is 8.22. The van der Waals surface area contributed by atoms with E-state index in [1.165, 1.54) is 11.8 Å². The van der Waals surface area contributed by atoms with Crippen LogP contribution in [0.5, 0.6) is 0 Å². The van der Waals surface area contributed by atoms with E-state index < -0.39 is 0 Å². The molecular weight excluding hydrogens is 354 g/mol. The number of aromatic amines is 1. The number of H-pyrrole nitrogens is 1. The minimum absolute atomic E-state index is 0.0651. The van der Waals surface area contributed by atoms with Crippen molar-refractivity contribution in [3.8, 4) is 0 Å². The van der Waals surface area contributed by atoms with Crippen molar-refractivity contribution in [2.24, 2.45) is 5.92 Å². The molecule has 150 valence electrons.